The first kappa shape index (κ1) is 12.6. The van der Waals surface area contributed by atoms with E-state index < -0.39 is 0 Å². The molecule has 1 spiro atoms. The molecule has 6 rings (SSSR count). The Labute approximate surface area is 136 Å². The first-order valence-electron chi connectivity index (χ1n) is 8.78. The monoisotopic (exact) mass is 303 g/mol. The quantitative estimate of drug-likeness (QED) is 0.860. The Bertz CT molecular complexity index is 773. The minimum atomic E-state index is 0.314. The van der Waals surface area contributed by atoms with Crippen LogP contribution < -0.4 is 5.32 Å². The average Bonchev–Trinajstić information content (AvgIpc) is 3.05. The summed E-state index contributed by atoms with van der Waals surface area (Å²) in [6, 6.07) is 21.4. The van der Waals surface area contributed by atoms with Gasteiger partial charge in [0.15, 0.2) is 0 Å². The first-order chi connectivity index (χ1) is 11.4. The summed E-state index contributed by atoms with van der Waals surface area (Å²) in [7, 11) is 0. The number of rotatable bonds is 2. The lowest BCUT2D eigenvalue weighted by Crippen LogP contribution is -2.48. The highest BCUT2D eigenvalue weighted by Gasteiger charge is 2.72. The molecule has 116 valence electrons. The van der Waals surface area contributed by atoms with E-state index >= 15 is 0 Å². The SMILES string of the molecule is c1ccc(CN2CCC34c5ccccc5N[C@@H]3N3C[C@@H]3C24)cc1. The minimum absolute atomic E-state index is 0.314. The summed E-state index contributed by atoms with van der Waals surface area (Å²) in [4.78, 5) is 5.44. The predicted octanol–water partition coefficient (Wildman–Crippen LogP) is 2.65. The highest BCUT2D eigenvalue weighted by atomic mass is 15.5. The molecule has 3 fully saturated rings. The number of likely N-dealkylation sites (tertiary alicyclic amines) is 1. The summed E-state index contributed by atoms with van der Waals surface area (Å²) < 4.78 is 0. The molecule has 4 heterocycles. The van der Waals surface area contributed by atoms with Crippen LogP contribution in [0.2, 0.25) is 0 Å². The van der Waals surface area contributed by atoms with Crippen molar-refractivity contribution in [2.24, 2.45) is 0 Å². The Kier molecular flexibility index (Phi) is 2.27. The Hall–Kier alpha value is -1.84. The molecule has 3 heteroatoms. The molecule has 1 N–H and O–H groups in total. The molecule has 3 unspecified atom stereocenters. The van der Waals surface area contributed by atoms with Crippen LogP contribution in [0.1, 0.15) is 17.5 Å². The standard InChI is InChI=1S/C20H21N3/c1-2-6-14(7-3-1)12-22-11-10-20-15-8-4-5-9-16(15)21-19(20)23-13-17(23)18(20)22/h1-9,17-19,21H,10-13H2/t17-,18?,19-,20?,23?/m1/s1. The van der Waals surface area contributed by atoms with Crippen molar-refractivity contribution in [1.82, 2.24) is 9.80 Å². The Morgan fingerprint density at radius 1 is 1.04 bits per heavy atom. The number of hydrogen-bond acceptors (Lipinski definition) is 3. The molecule has 2 aromatic carbocycles. The van der Waals surface area contributed by atoms with Crippen LogP contribution in [-0.4, -0.2) is 41.1 Å². The summed E-state index contributed by atoms with van der Waals surface area (Å²) >= 11 is 0. The third-order valence-corrected chi connectivity index (χ3v) is 6.56. The van der Waals surface area contributed by atoms with Crippen LogP contribution in [0, 0.1) is 0 Å². The number of nitrogens with one attached hydrogen (secondary N) is 1. The van der Waals surface area contributed by atoms with E-state index in [2.05, 4.69) is 69.7 Å². The summed E-state index contributed by atoms with van der Waals surface area (Å²) in [6.45, 7) is 3.58. The fourth-order valence-electron chi connectivity index (χ4n) is 5.68. The summed E-state index contributed by atoms with van der Waals surface area (Å²) in [5.74, 6) is 0. The van der Waals surface area contributed by atoms with Crippen molar-refractivity contribution in [2.45, 2.75) is 36.6 Å². The van der Waals surface area contributed by atoms with Crippen molar-refractivity contribution >= 4 is 5.69 Å². The zero-order valence-corrected chi connectivity index (χ0v) is 13.2. The molecule has 0 aliphatic carbocycles. The van der Waals surface area contributed by atoms with E-state index in [9.17, 15) is 0 Å². The van der Waals surface area contributed by atoms with Gasteiger partial charge >= 0.3 is 0 Å². The van der Waals surface area contributed by atoms with Crippen LogP contribution in [0.25, 0.3) is 0 Å². The molecule has 0 radical (unpaired) electrons. The van der Waals surface area contributed by atoms with Gasteiger partial charge in [-0.3, -0.25) is 9.80 Å². The van der Waals surface area contributed by atoms with Crippen molar-refractivity contribution < 1.29 is 0 Å². The smallest absolute Gasteiger partial charge is 0.0913 e. The van der Waals surface area contributed by atoms with E-state index in [1.807, 2.05) is 0 Å². The maximum Gasteiger partial charge on any atom is 0.0913 e. The number of anilines is 1. The second-order valence-corrected chi connectivity index (χ2v) is 7.55. The molecule has 3 nitrogen and oxygen atoms in total. The van der Waals surface area contributed by atoms with Gasteiger partial charge in [-0.2, -0.15) is 0 Å². The van der Waals surface area contributed by atoms with Gasteiger partial charge in [0, 0.05) is 36.3 Å². The highest BCUT2D eigenvalue weighted by Crippen LogP contribution is 2.61. The van der Waals surface area contributed by atoms with Crippen molar-refractivity contribution in [1.29, 1.82) is 0 Å². The molecule has 3 saturated heterocycles. The predicted molar refractivity (Wildman–Crippen MR) is 91.3 cm³/mol. The number of nitrogens with zero attached hydrogens (tertiary/aromatic N) is 2. The topological polar surface area (TPSA) is 18.3 Å². The number of fused-ring (bicyclic) bond motifs is 4. The van der Waals surface area contributed by atoms with Gasteiger partial charge in [0.1, 0.15) is 0 Å². The van der Waals surface area contributed by atoms with Crippen LogP contribution in [-0.2, 0) is 12.0 Å². The molecule has 5 atom stereocenters. The maximum absolute atomic E-state index is 3.83. The molecular formula is C20H21N3. The zero-order chi connectivity index (χ0) is 15.0. The van der Waals surface area contributed by atoms with E-state index in [-0.39, 0.29) is 0 Å². The van der Waals surface area contributed by atoms with Gasteiger partial charge in [0.25, 0.3) is 0 Å². The molecule has 4 aliphatic rings. The lowest BCUT2D eigenvalue weighted by Gasteiger charge is -2.34. The van der Waals surface area contributed by atoms with Gasteiger partial charge in [0.2, 0.25) is 0 Å². The first-order valence-corrected chi connectivity index (χ1v) is 8.78. The maximum atomic E-state index is 3.83. The summed E-state index contributed by atoms with van der Waals surface area (Å²) in [5, 5.41) is 3.83. The molecule has 0 saturated carbocycles. The van der Waals surface area contributed by atoms with Gasteiger partial charge in [-0.1, -0.05) is 48.5 Å². The van der Waals surface area contributed by atoms with E-state index in [0.29, 0.717) is 17.6 Å². The van der Waals surface area contributed by atoms with Gasteiger partial charge in [-0.15, -0.1) is 0 Å². The van der Waals surface area contributed by atoms with Crippen molar-refractivity contribution in [3.05, 3.63) is 65.7 Å². The highest BCUT2D eigenvalue weighted by molar-refractivity contribution is 5.65. The number of piperidine rings is 1. The lowest BCUT2D eigenvalue weighted by atomic mass is 9.74. The third kappa shape index (κ3) is 1.47. The van der Waals surface area contributed by atoms with E-state index in [1.54, 1.807) is 5.56 Å². The van der Waals surface area contributed by atoms with Crippen molar-refractivity contribution in [2.75, 3.05) is 18.4 Å². The molecule has 2 aromatic rings. The minimum Gasteiger partial charge on any atom is -0.369 e. The lowest BCUT2D eigenvalue weighted by molar-refractivity contribution is 0.214. The fraction of sp³-hybridized carbons (Fsp3) is 0.400. The van der Waals surface area contributed by atoms with Crippen LogP contribution in [0.5, 0.6) is 0 Å². The largest absolute Gasteiger partial charge is 0.369 e. The van der Waals surface area contributed by atoms with Gasteiger partial charge in [-0.25, -0.2) is 0 Å². The van der Waals surface area contributed by atoms with E-state index in [0.717, 1.165) is 12.6 Å². The number of para-hydroxylation sites is 1. The fourth-order valence-corrected chi connectivity index (χ4v) is 5.68. The zero-order valence-electron chi connectivity index (χ0n) is 13.2. The van der Waals surface area contributed by atoms with Crippen LogP contribution >= 0.6 is 0 Å². The van der Waals surface area contributed by atoms with Crippen molar-refractivity contribution in [3.63, 3.8) is 0 Å². The third-order valence-electron chi connectivity index (χ3n) is 6.56. The molecule has 0 aromatic heterocycles. The Morgan fingerprint density at radius 3 is 2.78 bits per heavy atom. The molecule has 23 heavy (non-hydrogen) atoms. The molecular weight excluding hydrogens is 282 g/mol. The summed E-state index contributed by atoms with van der Waals surface area (Å²) in [5.41, 5.74) is 4.69. The Balaban J connectivity index is 1.42. The van der Waals surface area contributed by atoms with Crippen LogP contribution in [0.4, 0.5) is 5.69 Å². The molecule has 0 amide bonds. The van der Waals surface area contributed by atoms with Crippen LogP contribution in [0.3, 0.4) is 0 Å². The molecule has 4 aliphatic heterocycles. The second kappa shape index (κ2) is 4.16. The van der Waals surface area contributed by atoms with Gasteiger partial charge in [-0.05, 0) is 30.2 Å². The summed E-state index contributed by atoms with van der Waals surface area (Å²) in [6.07, 6.45) is 1.81. The van der Waals surface area contributed by atoms with Gasteiger partial charge in [0.05, 0.1) is 6.17 Å². The normalized spacial score (nSPS) is 39.3. The van der Waals surface area contributed by atoms with Crippen molar-refractivity contribution in [3.8, 4) is 0 Å². The van der Waals surface area contributed by atoms with E-state index in [4.69, 9.17) is 0 Å². The number of benzene rings is 2. The molecule has 0 bridgehead atoms. The Morgan fingerprint density at radius 2 is 1.87 bits per heavy atom. The average molecular weight is 303 g/mol. The number of hydrogen-bond donors (Lipinski definition) is 1. The van der Waals surface area contributed by atoms with Gasteiger partial charge < -0.3 is 5.32 Å². The second-order valence-electron chi connectivity index (χ2n) is 7.55. The van der Waals surface area contributed by atoms with Crippen LogP contribution in [0.15, 0.2) is 54.6 Å². The van der Waals surface area contributed by atoms with E-state index in [1.165, 1.54) is 30.8 Å².